The number of fused-ring (bicyclic) bond motifs is 1. The molecule has 1 heterocycles. The largest absolute Gasteiger partial charge is 0.277 e. The van der Waals surface area contributed by atoms with Gasteiger partial charge in [0.1, 0.15) is 0 Å². The second-order valence-electron chi connectivity index (χ2n) is 6.72. The third-order valence-corrected chi connectivity index (χ3v) is 5.73. The van der Waals surface area contributed by atoms with E-state index in [1.165, 1.54) is 25.2 Å². The summed E-state index contributed by atoms with van der Waals surface area (Å²) in [7, 11) is -2.34. The lowest BCUT2D eigenvalue weighted by molar-refractivity contribution is 0.0693. The summed E-state index contributed by atoms with van der Waals surface area (Å²) in [6, 6.07) is 3.85. The maximum Gasteiger partial charge on any atom is 0.261 e. The summed E-state index contributed by atoms with van der Waals surface area (Å²) in [5, 5.41) is 0. The summed E-state index contributed by atoms with van der Waals surface area (Å²) in [6.07, 6.45) is 2.75. The Morgan fingerprint density at radius 1 is 1.04 bits per heavy atom. The van der Waals surface area contributed by atoms with Crippen molar-refractivity contribution in [3.63, 3.8) is 0 Å². The van der Waals surface area contributed by atoms with Crippen molar-refractivity contribution >= 4 is 21.8 Å². The predicted molar refractivity (Wildman–Crippen MR) is 91.3 cm³/mol. The molecule has 1 aliphatic heterocycles. The molecule has 0 saturated carbocycles. The molecule has 24 heavy (non-hydrogen) atoms. The highest BCUT2D eigenvalue weighted by Crippen LogP contribution is 2.24. The molecular weight excluding hydrogens is 328 g/mol. The number of nitrogens with zero attached hydrogens (tertiary/aromatic N) is 1. The Kier molecular flexibility index (Phi) is 5.45. The molecule has 0 aliphatic carbocycles. The average molecular weight is 352 g/mol. The van der Waals surface area contributed by atoms with E-state index in [0.29, 0.717) is 5.92 Å². The maximum absolute atomic E-state index is 12.5. The van der Waals surface area contributed by atoms with Crippen molar-refractivity contribution < 1.29 is 18.0 Å². The van der Waals surface area contributed by atoms with Gasteiger partial charge in [0, 0.05) is 13.1 Å². The fourth-order valence-electron chi connectivity index (χ4n) is 2.73. The van der Waals surface area contributed by atoms with Crippen LogP contribution in [0.1, 0.15) is 60.7 Å². The molecule has 1 aromatic carbocycles. The van der Waals surface area contributed by atoms with Gasteiger partial charge in [-0.25, -0.2) is 13.1 Å². The minimum atomic E-state index is -3.72. The van der Waals surface area contributed by atoms with Crippen LogP contribution in [0, 0.1) is 5.92 Å². The highest BCUT2D eigenvalue weighted by Gasteiger charge is 2.34. The zero-order valence-electron chi connectivity index (χ0n) is 14.5. The quantitative estimate of drug-likeness (QED) is 0.764. The lowest BCUT2D eigenvalue weighted by Gasteiger charge is -2.15. The van der Waals surface area contributed by atoms with Gasteiger partial charge in [-0.15, -0.1) is 0 Å². The molecule has 7 heteroatoms. The fourth-order valence-corrected chi connectivity index (χ4v) is 4.04. The molecule has 1 aliphatic rings. The summed E-state index contributed by atoms with van der Waals surface area (Å²) < 4.78 is 27.6. The van der Waals surface area contributed by atoms with Crippen LogP contribution in [0.3, 0.4) is 0 Å². The van der Waals surface area contributed by atoms with Crippen LogP contribution in [0.4, 0.5) is 0 Å². The van der Waals surface area contributed by atoms with Crippen LogP contribution >= 0.6 is 0 Å². The summed E-state index contributed by atoms with van der Waals surface area (Å²) in [6.45, 7) is 6.09. The number of benzene rings is 1. The maximum atomic E-state index is 12.5. The number of hydrogen-bond donors (Lipinski definition) is 1. The normalized spacial score (nSPS) is 16.0. The summed E-state index contributed by atoms with van der Waals surface area (Å²) >= 11 is 0. The number of hydrogen-bond acceptors (Lipinski definition) is 4. The average Bonchev–Trinajstić information content (AvgIpc) is 2.71. The number of amides is 2. The minimum absolute atomic E-state index is 0.00779. The van der Waals surface area contributed by atoms with Crippen molar-refractivity contribution in [2.45, 2.75) is 51.0 Å². The van der Waals surface area contributed by atoms with Crippen molar-refractivity contribution in [2.75, 3.05) is 7.05 Å². The van der Waals surface area contributed by atoms with Crippen molar-refractivity contribution in [2.24, 2.45) is 5.92 Å². The van der Waals surface area contributed by atoms with Gasteiger partial charge in [-0.1, -0.05) is 26.7 Å². The molecule has 2 rings (SSSR count). The van der Waals surface area contributed by atoms with E-state index in [0.717, 1.165) is 24.2 Å². The van der Waals surface area contributed by atoms with Gasteiger partial charge in [-0.05, 0) is 37.5 Å². The molecule has 1 atom stereocenters. The SMILES string of the molecule is CC(C)CCCC(C)NS(=O)(=O)c1ccc2c(c1)C(=O)N(C)C2=O. The molecule has 0 saturated heterocycles. The molecule has 132 valence electrons. The van der Waals surface area contributed by atoms with Crippen LogP contribution in [0.5, 0.6) is 0 Å². The summed E-state index contributed by atoms with van der Waals surface area (Å²) in [5.41, 5.74) is 0.379. The van der Waals surface area contributed by atoms with E-state index in [9.17, 15) is 18.0 Å². The molecule has 1 unspecified atom stereocenters. The van der Waals surface area contributed by atoms with Crippen molar-refractivity contribution in [1.29, 1.82) is 0 Å². The molecule has 1 aromatic rings. The van der Waals surface area contributed by atoms with Crippen LogP contribution < -0.4 is 4.72 Å². The van der Waals surface area contributed by atoms with E-state index in [4.69, 9.17) is 0 Å². The molecule has 0 aromatic heterocycles. The molecule has 0 bridgehead atoms. The van der Waals surface area contributed by atoms with Crippen LogP contribution in [0.2, 0.25) is 0 Å². The lowest BCUT2D eigenvalue weighted by atomic mass is 10.0. The first-order valence-electron chi connectivity index (χ1n) is 8.12. The standard InChI is InChI=1S/C17H24N2O4S/c1-11(2)6-5-7-12(3)18-24(22,23)13-8-9-14-15(10-13)17(21)19(4)16(14)20/h8-12,18H,5-7H2,1-4H3. The van der Waals surface area contributed by atoms with E-state index < -0.39 is 21.8 Å². The zero-order chi connectivity index (χ0) is 18.1. The van der Waals surface area contributed by atoms with E-state index in [-0.39, 0.29) is 22.1 Å². The smallest absolute Gasteiger partial charge is 0.261 e. The number of imide groups is 1. The second-order valence-corrected chi connectivity index (χ2v) is 8.44. The Morgan fingerprint density at radius 3 is 2.29 bits per heavy atom. The molecule has 0 fully saturated rings. The van der Waals surface area contributed by atoms with Crippen molar-refractivity contribution in [1.82, 2.24) is 9.62 Å². The molecule has 1 N–H and O–H groups in total. The van der Waals surface area contributed by atoms with Gasteiger partial charge in [0.05, 0.1) is 16.0 Å². The van der Waals surface area contributed by atoms with Crippen LogP contribution in [0.15, 0.2) is 23.1 Å². The Morgan fingerprint density at radius 2 is 1.67 bits per heavy atom. The monoisotopic (exact) mass is 352 g/mol. The lowest BCUT2D eigenvalue weighted by Crippen LogP contribution is -2.32. The van der Waals surface area contributed by atoms with E-state index in [1.54, 1.807) is 0 Å². The van der Waals surface area contributed by atoms with Crippen molar-refractivity contribution in [3.8, 4) is 0 Å². The van der Waals surface area contributed by atoms with Crippen LogP contribution in [-0.2, 0) is 10.0 Å². The number of carbonyl (C=O) groups is 2. The molecule has 2 amide bonds. The third kappa shape index (κ3) is 3.84. The minimum Gasteiger partial charge on any atom is -0.277 e. The first kappa shape index (κ1) is 18.6. The first-order chi connectivity index (χ1) is 11.1. The molecule has 6 nitrogen and oxygen atoms in total. The number of carbonyl (C=O) groups excluding carboxylic acids is 2. The summed E-state index contributed by atoms with van der Waals surface area (Å²) in [5.74, 6) is -0.294. The summed E-state index contributed by atoms with van der Waals surface area (Å²) in [4.78, 5) is 24.9. The van der Waals surface area contributed by atoms with Gasteiger partial charge < -0.3 is 0 Å². The van der Waals surface area contributed by atoms with E-state index in [2.05, 4.69) is 18.6 Å². The van der Waals surface area contributed by atoms with E-state index >= 15 is 0 Å². The first-order valence-corrected chi connectivity index (χ1v) is 9.60. The van der Waals surface area contributed by atoms with Crippen LogP contribution in [0.25, 0.3) is 0 Å². The van der Waals surface area contributed by atoms with Gasteiger partial charge in [0.25, 0.3) is 11.8 Å². The Balaban J connectivity index is 2.14. The fraction of sp³-hybridized carbons (Fsp3) is 0.529. The second kappa shape index (κ2) is 7.03. The Hall–Kier alpha value is -1.73. The molecule has 0 radical (unpaired) electrons. The topological polar surface area (TPSA) is 83.6 Å². The Bertz CT molecular complexity index is 756. The van der Waals surface area contributed by atoms with Gasteiger partial charge in [0.15, 0.2) is 0 Å². The van der Waals surface area contributed by atoms with E-state index in [1.807, 2.05) is 6.92 Å². The third-order valence-electron chi connectivity index (χ3n) is 4.15. The van der Waals surface area contributed by atoms with Gasteiger partial charge in [-0.2, -0.15) is 0 Å². The highest BCUT2D eigenvalue weighted by atomic mass is 32.2. The van der Waals surface area contributed by atoms with Gasteiger partial charge in [0.2, 0.25) is 10.0 Å². The molecular formula is C17H24N2O4S. The highest BCUT2D eigenvalue weighted by molar-refractivity contribution is 7.89. The van der Waals surface area contributed by atoms with Crippen LogP contribution in [-0.4, -0.2) is 38.2 Å². The van der Waals surface area contributed by atoms with Gasteiger partial charge in [-0.3, -0.25) is 14.5 Å². The zero-order valence-corrected chi connectivity index (χ0v) is 15.3. The predicted octanol–water partition coefficient (Wildman–Crippen LogP) is 2.41. The Labute approximate surface area is 143 Å². The van der Waals surface area contributed by atoms with Gasteiger partial charge >= 0.3 is 0 Å². The van der Waals surface area contributed by atoms with Crippen molar-refractivity contribution in [3.05, 3.63) is 29.3 Å². The number of rotatable bonds is 7. The number of nitrogens with one attached hydrogen (secondary N) is 1. The molecule has 0 spiro atoms. The number of sulfonamides is 1.